The molecular formula is C85H150N6O22-2. The molecule has 0 bridgehead atoms. The molecule has 0 saturated carbocycles. The van der Waals surface area contributed by atoms with Crippen molar-refractivity contribution in [1.29, 1.82) is 0 Å². The molecule has 0 aromatic rings. The quantitative estimate of drug-likeness (QED) is 0.0191. The summed E-state index contributed by atoms with van der Waals surface area (Å²) in [5.74, 6) is -3.79. The molecule has 0 heterocycles. The third-order valence-electron chi connectivity index (χ3n) is 12.7. The highest BCUT2D eigenvalue weighted by molar-refractivity contribution is 5.92. The number of carbonyl (C=O) groups excluding carboxylic acids is 12. The minimum atomic E-state index is -1.23. The summed E-state index contributed by atoms with van der Waals surface area (Å²) in [4.78, 5) is 131. The van der Waals surface area contributed by atoms with Gasteiger partial charge in [-0.25, -0.2) is 28.8 Å². The Morgan fingerprint density at radius 1 is 0.389 bits per heavy atom. The molecule has 0 aromatic heterocycles. The number of hydrogen-bond acceptors (Lipinski definition) is 24. The smallest absolute Gasteiger partial charge is 0.333 e. The van der Waals surface area contributed by atoms with Crippen molar-refractivity contribution >= 4 is 71.4 Å². The zero-order valence-electron chi connectivity index (χ0n) is 72.8. The molecule has 4 amide bonds. The highest BCUT2D eigenvalue weighted by Crippen LogP contribution is 2.14. The van der Waals surface area contributed by atoms with Gasteiger partial charge < -0.3 is 88.7 Å². The molecule has 4 N–H and O–H groups in total. The largest absolute Gasteiger partial charge is 0.545 e. The first-order valence-electron chi connectivity index (χ1n) is 37.4. The van der Waals surface area contributed by atoms with Crippen LogP contribution in [0.25, 0.3) is 0 Å². The number of ether oxygens (including phenoxy) is 6. The highest BCUT2D eigenvalue weighted by Gasteiger charge is 2.11. The number of hydrogen-bond donors (Lipinski definition) is 4. The molecule has 0 radical (unpaired) electrons. The van der Waals surface area contributed by atoms with E-state index in [1.165, 1.54) is 92.4 Å². The van der Waals surface area contributed by atoms with Crippen LogP contribution >= 0.6 is 0 Å². The van der Waals surface area contributed by atoms with Crippen molar-refractivity contribution in [3.05, 3.63) is 149 Å². The van der Waals surface area contributed by atoms with Gasteiger partial charge in [-0.1, -0.05) is 198 Å². The molecule has 0 aliphatic rings. The molecule has 0 spiro atoms. The van der Waals surface area contributed by atoms with Crippen molar-refractivity contribution < 1.29 is 106 Å². The number of carboxylic acids is 2. The number of aliphatic hydroxyl groups is 2. The monoisotopic (exact) mass is 1610 g/mol. The van der Waals surface area contributed by atoms with Gasteiger partial charge in [0.15, 0.2) is 0 Å². The summed E-state index contributed by atoms with van der Waals surface area (Å²) in [7, 11) is 14.5. The number of nitrogens with one attached hydrogen (secondary N) is 2. The maximum Gasteiger partial charge on any atom is 0.333 e. The number of nitrogens with zero attached hydrogens (tertiary/aromatic N) is 4. The minimum absolute atomic E-state index is 0.00926. The summed E-state index contributed by atoms with van der Waals surface area (Å²) in [5.41, 5.74) is 2.03. The van der Waals surface area contributed by atoms with Crippen LogP contribution < -0.4 is 20.8 Å². The number of amides is 4. The molecule has 0 rings (SSSR count). The minimum Gasteiger partial charge on any atom is -0.545 e. The predicted octanol–water partition coefficient (Wildman–Crippen LogP) is 9.89. The Labute approximate surface area is 680 Å². The van der Waals surface area contributed by atoms with E-state index >= 15 is 0 Å². The average Bonchev–Trinajstić information content (AvgIpc) is 0.986. The van der Waals surface area contributed by atoms with Gasteiger partial charge in [-0.2, -0.15) is 0 Å². The molecule has 0 fully saturated rings. The SMILES string of the molecule is C=C(C)C(=O)N(C)C.C=C(C)C(=O)NCCO.C=C(C)C(=O)OCC(CC)CCCC.C=C(C)C(=O)OCCN(C)C.C=C(C)C(=O)[O-].C=CC(=O)N(C)C.C=CC(=O)NCCO.C=CC(=O)OCC(CC)CCCC.C=CC(=O)OCCCCCC.C=CC(=O)OCCCCCC.C=CC(=O)OCCN(C)C.C=CC(=O)[O-]. The summed E-state index contributed by atoms with van der Waals surface area (Å²) < 4.78 is 29.2. The number of carbonyl (C=O) groups is 12. The molecule has 0 aliphatic carbocycles. The van der Waals surface area contributed by atoms with Gasteiger partial charge in [0.2, 0.25) is 23.6 Å². The van der Waals surface area contributed by atoms with E-state index in [0.29, 0.717) is 86.9 Å². The van der Waals surface area contributed by atoms with Crippen LogP contribution in [0.4, 0.5) is 0 Å². The van der Waals surface area contributed by atoms with Crippen LogP contribution in [0.2, 0.25) is 0 Å². The fourth-order valence-electron chi connectivity index (χ4n) is 5.86. The summed E-state index contributed by atoms with van der Waals surface area (Å²) in [6.45, 7) is 65.6. The number of aliphatic carboxylic acids is 2. The highest BCUT2D eigenvalue weighted by atomic mass is 16.6. The van der Waals surface area contributed by atoms with Crippen LogP contribution in [0.1, 0.15) is 179 Å². The van der Waals surface area contributed by atoms with Gasteiger partial charge in [-0.3, -0.25) is 19.2 Å². The second-order valence-electron chi connectivity index (χ2n) is 24.8. The normalized spacial score (nSPS) is 9.51. The van der Waals surface area contributed by atoms with E-state index in [4.69, 9.17) is 48.5 Å². The average molecular weight is 1610 g/mol. The van der Waals surface area contributed by atoms with Gasteiger partial charge in [0, 0.05) is 101 Å². The van der Waals surface area contributed by atoms with Crippen LogP contribution in [0.5, 0.6) is 0 Å². The van der Waals surface area contributed by atoms with Gasteiger partial charge >= 0.3 is 35.8 Å². The van der Waals surface area contributed by atoms with Gasteiger partial charge in [0.05, 0.1) is 51.6 Å². The Morgan fingerprint density at radius 2 is 0.717 bits per heavy atom. The van der Waals surface area contributed by atoms with E-state index in [9.17, 15) is 57.8 Å². The molecule has 0 saturated heterocycles. The number of aliphatic hydroxyl groups excluding tert-OH is 2. The predicted molar refractivity (Wildman–Crippen MR) is 451 cm³/mol. The molecule has 0 aliphatic heterocycles. The molecule has 654 valence electrons. The van der Waals surface area contributed by atoms with E-state index in [0.717, 1.165) is 82.7 Å². The third kappa shape index (κ3) is 132. The second kappa shape index (κ2) is 100. The summed E-state index contributed by atoms with van der Waals surface area (Å²) >= 11 is 0. The van der Waals surface area contributed by atoms with Gasteiger partial charge in [-0.05, 0) is 124 Å². The Balaban J connectivity index is -0.0000000993. The number of likely N-dealkylation sites (N-methyl/N-ethyl adjacent to an activating group) is 4. The van der Waals surface area contributed by atoms with Crippen LogP contribution in [0.3, 0.4) is 0 Å². The lowest BCUT2D eigenvalue weighted by Gasteiger charge is -2.14. The van der Waals surface area contributed by atoms with E-state index in [1.807, 2.05) is 38.0 Å². The van der Waals surface area contributed by atoms with Crippen molar-refractivity contribution in [2.24, 2.45) is 11.8 Å². The molecule has 113 heavy (non-hydrogen) atoms. The van der Waals surface area contributed by atoms with Crippen LogP contribution in [-0.4, -0.2) is 237 Å². The number of carboxylic acid groups (broad SMARTS) is 2. The molecular weight excluding hydrogens is 1460 g/mol. The zero-order chi connectivity index (χ0) is 90.7. The number of rotatable bonds is 44. The van der Waals surface area contributed by atoms with Crippen LogP contribution in [0, 0.1) is 11.8 Å². The maximum absolute atomic E-state index is 11.1. The van der Waals surface area contributed by atoms with E-state index in [2.05, 4.69) is 131 Å². The fourth-order valence-corrected chi connectivity index (χ4v) is 5.86. The topological polar surface area (TPSA) is 384 Å². The number of unbranched alkanes of at least 4 members (excludes halogenated alkanes) is 8. The first-order chi connectivity index (χ1) is 52.8. The molecule has 2 atom stereocenters. The second-order valence-corrected chi connectivity index (χ2v) is 24.8. The van der Waals surface area contributed by atoms with Crippen molar-refractivity contribution in [1.82, 2.24) is 30.2 Å². The Bertz CT molecular complexity index is 2620. The Kier molecular flexibility index (Phi) is 115. The standard InChI is InChI=1S/C12H22O2.C11H20O2.2C9H16O2.C8H15NO2.C7H13NO2.C6H11NO2.C6H11NO.C5H9NO2.C5H9NO.C4H6O2.C3H4O2/c1-5-7-8-11(6-2)9-14-12(13)10(3)4;1-4-7-8-10(5-2)9-13-11(12)6-3;2*1-3-5-6-7-8-11-9(10)4-2;1-7(2)8(10)11-6-5-9(3)4;1-4-7(9)10-6-5-8(2)3;1-5(2)6(9)7-3-4-8;1-5(2)6(8)7(3)4;1-2-5(8)6-3-4-7;1-4-5(7)6(2)3;1-3(2)4(5)6;1-2-3(4)5/h11H,3,5-9H2,1-2,4H3;6,10H,3-5,7-9H2,1-2H3;2*4H,2-3,5-8H2,1H3;1,5-6H2,2-4H3;4H,1,5-6H2,2-3H3;8H,1,3-4H2,2H3,(H,7,9);1H2,2-4H3;2,7H,1,3-4H2,(H,6,8);4H,1H2,2-3H3;1H2,2H3,(H,5,6);2H,1H2,(H,4,5)/p-2. The van der Waals surface area contributed by atoms with E-state index < -0.39 is 11.9 Å². The van der Waals surface area contributed by atoms with Crippen molar-refractivity contribution in [3.8, 4) is 0 Å². The first-order valence-corrected chi connectivity index (χ1v) is 37.4. The van der Waals surface area contributed by atoms with Gasteiger partial charge in [0.25, 0.3) is 0 Å². The fraction of sp³-hybridized carbons (Fsp3) is 0.576. The summed E-state index contributed by atoms with van der Waals surface area (Å²) in [6, 6.07) is 0. The van der Waals surface area contributed by atoms with E-state index in [1.54, 1.807) is 55.9 Å². The van der Waals surface area contributed by atoms with Crippen molar-refractivity contribution in [2.45, 2.75) is 179 Å². The van der Waals surface area contributed by atoms with Gasteiger partial charge in [-0.15, -0.1) is 0 Å². The molecule has 2 unspecified atom stereocenters. The summed E-state index contributed by atoms with van der Waals surface area (Å²) in [5, 5.41) is 39.9. The van der Waals surface area contributed by atoms with E-state index in [-0.39, 0.29) is 78.2 Å². The Hall–Kier alpha value is -9.64. The molecule has 28 heteroatoms. The maximum atomic E-state index is 11.1. The van der Waals surface area contributed by atoms with Crippen LogP contribution in [0.15, 0.2) is 149 Å². The lowest BCUT2D eigenvalue weighted by molar-refractivity contribution is -0.299. The van der Waals surface area contributed by atoms with Crippen molar-refractivity contribution in [3.63, 3.8) is 0 Å². The zero-order valence-corrected chi connectivity index (χ0v) is 72.8. The summed E-state index contributed by atoms with van der Waals surface area (Å²) in [6.07, 6.45) is 26.2. The lowest BCUT2D eigenvalue weighted by Crippen LogP contribution is -2.26. The van der Waals surface area contributed by atoms with Crippen LogP contribution in [-0.2, 0) is 86.0 Å². The van der Waals surface area contributed by atoms with Gasteiger partial charge in [0.1, 0.15) is 13.2 Å². The first kappa shape index (κ1) is 130. The molecule has 0 aromatic carbocycles. The van der Waals surface area contributed by atoms with Crippen molar-refractivity contribution in [2.75, 3.05) is 135 Å². The lowest BCUT2D eigenvalue weighted by atomic mass is 10.0. The third-order valence-corrected chi connectivity index (χ3v) is 12.7. The number of esters is 6. The molecule has 28 nitrogen and oxygen atoms in total. The Morgan fingerprint density at radius 3 is 0.956 bits per heavy atom.